The summed E-state index contributed by atoms with van der Waals surface area (Å²) in [4.78, 5) is 0. The van der Waals surface area contributed by atoms with E-state index in [0.29, 0.717) is 6.04 Å². The molecule has 0 bridgehead atoms. The number of anilines is 1. The molecule has 3 heteroatoms. The molecule has 0 amide bonds. The first-order valence-corrected chi connectivity index (χ1v) is 5.89. The van der Waals surface area contributed by atoms with Gasteiger partial charge in [0.1, 0.15) is 0 Å². The molecule has 1 atom stereocenters. The Morgan fingerprint density at radius 1 is 1.38 bits per heavy atom. The average Bonchev–Trinajstić information content (AvgIpc) is 2.49. The fourth-order valence-corrected chi connectivity index (χ4v) is 2.34. The lowest BCUT2D eigenvalue weighted by atomic mass is 10.1. The van der Waals surface area contributed by atoms with Gasteiger partial charge in [-0.05, 0) is 43.8 Å². The normalized spacial score (nSPS) is 23.8. The van der Waals surface area contributed by atoms with Crippen LogP contribution in [0.4, 0.5) is 5.69 Å². The summed E-state index contributed by atoms with van der Waals surface area (Å²) >= 11 is 1.76. The van der Waals surface area contributed by atoms with Gasteiger partial charge in [-0.2, -0.15) is 11.3 Å². The lowest BCUT2D eigenvalue weighted by molar-refractivity contribution is 0.638. The number of nitrogens with one attached hydrogen (secondary N) is 2. The molecule has 1 aromatic rings. The highest BCUT2D eigenvalue weighted by atomic mass is 32.1. The Labute approximate surface area is 83.4 Å². The summed E-state index contributed by atoms with van der Waals surface area (Å²) < 4.78 is 0. The van der Waals surface area contributed by atoms with Crippen molar-refractivity contribution < 1.29 is 0 Å². The van der Waals surface area contributed by atoms with Crippen molar-refractivity contribution in [3.8, 4) is 0 Å². The van der Waals surface area contributed by atoms with Crippen molar-refractivity contribution >= 4 is 17.0 Å². The van der Waals surface area contributed by atoms with Crippen LogP contribution >= 0.6 is 11.3 Å². The molecule has 0 spiro atoms. The first-order valence-electron chi connectivity index (χ1n) is 4.94. The first kappa shape index (κ1) is 9.03. The van der Waals surface area contributed by atoms with Gasteiger partial charge in [0, 0.05) is 17.1 Å². The van der Waals surface area contributed by atoms with E-state index in [1.54, 1.807) is 11.3 Å². The van der Waals surface area contributed by atoms with Crippen LogP contribution < -0.4 is 10.6 Å². The maximum absolute atomic E-state index is 3.57. The number of hydrogen-bond donors (Lipinski definition) is 2. The largest absolute Gasteiger partial charge is 0.382 e. The molecular weight excluding hydrogens is 180 g/mol. The maximum atomic E-state index is 3.57. The molecular formula is C10H16N2S. The Morgan fingerprint density at radius 3 is 3.23 bits per heavy atom. The molecule has 13 heavy (non-hydrogen) atoms. The van der Waals surface area contributed by atoms with E-state index in [1.807, 2.05) is 0 Å². The van der Waals surface area contributed by atoms with E-state index in [4.69, 9.17) is 0 Å². The summed E-state index contributed by atoms with van der Waals surface area (Å²) in [5.74, 6) is 0. The molecule has 1 saturated heterocycles. The third-order valence-electron chi connectivity index (χ3n) is 2.47. The molecule has 72 valence electrons. The quantitative estimate of drug-likeness (QED) is 0.758. The molecule has 0 aliphatic carbocycles. The fraction of sp³-hybridized carbons (Fsp3) is 0.600. The molecule has 1 fully saturated rings. The average molecular weight is 196 g/mol. The summed E-state index contributed by atoms with van der Waals surface area (Å²) in [7, 11) is 0. The van der Waals surface area contributed by atoms with Gasteiger partial charge in [0.2, 0.25) is 0 Å². The molecule has 1 unspecified atom stereocenters. The highest BCUT2D eigenvalue weighted by molar-refractivity contribution is 7.08. The maximum Gasteiger partial charge on any atom is 0.0450 e. The van der Waals surface area contributed by atoms with Gasteiger partial charge in [-0.15, -0.1) is 0 Å². The monoisotopic (exact) mass is 196 g/mol. The van der Waals surface area contributed by atoms with E-state index >= 15 is 0 Å². The fourth-order valence-electron chi connectivity index (χ4n) is 1.75. The number of rotatable bonds is 2. The molecule has 2 rings (SSSR count). The highest BCUT2D eigenvalue weighted by Crippen LogP contribution is 2.16. The summed E-state index contributed by atoms with van der Waals surface area (Å²) in [6.45, 7) is 2.34. The minimum Gasteiger partial charge on any atom is -0.382 e. The van der Waals surface area contributed by atoms with Crippen LogP contribution in [0.15, 0.2) is 16.8 Å². The number of hydrogen-bond acceptors (Lipinski definition) is 3. The van der Waals surface area contributed by atoms with Crippen molar-refractivity contribution in [2.75, 3.05) is 18.4 Å². The van der Waals surface area contributed by atoms with Gasteiger partial charge >= 0.3 is 0 Å². The van der Waals surface area contributed by atoms with Crippen LogP contribution in [0.1, 0.15) is 19.3 Å². The summed E-state index contributed by atoms with van der Waals surface area (Å²) in [5.41, 5.74) is 1.29. The third kappa shape index (κ3) is 2.71. The topological polar surface area (TPSA) is 24.1 Å². The lowest BCUT2D eigenvalue weighted by Crippen LogP contribution is -2.21. The Morgan fingerprint density at radius 2 is 2.38 bits per heavy atom. The van der Waals surface area contributed by atoms with Gasteiger partial charge in [-0.1, -0.05) is 0 Å². The van der Waals surface area contributed by atoms with Crippen LogP contribution in [0.25, 0.3) is 0 Å². The van der Waals surface area contributed by atoms with E-state index in [0.717, 1.165) is 6.54 Å². The predicted octanol–water partition coefficient (Wildman–Crippen LogP) is 2.30. The molecule has 0 saturated carbocycles. The van der Waals surface area contributed by atoms with Gasteiger partial charge in [0.15, 0.2) is 0 Å². The van der Waals surface area contributed by atoms with Crippen molar-refractivity contribution in [1.82, 2.24) is 5.32 Å². The molecule has 0 radical (unpaired) electrons. The second kappa shape index (κ2) is 4.63. The van der Waals surface area contributed by atoms with Crippen LogP contribution in [0, 0.1) is 0 Å². The Balaban J connectivity index is 1.86. The molecule has 1 aliphatic rings. The van der Waals surface area contributed by atoms with E-state index in [1.165, 1.54) is 31.5 Å². The van der Waals surface area contributed by atoms with Crippen molar-refractivity contribution in [1.29, 1.82) is 0 Å². The van der Waals surface area contributed by atoms with Crippen molar-refractivity contribution in [2.24, 2.45) is 0 Å². The molecule has 1 aliphatic heterocycles. The zero-order valence-corrected chi connectivity index (χ0v) is 8.57. The second-order valence-electron chi connectivity index (χ2n) is 3.53. The molecule has 1 aromatic heterocycles. The summed E-state index contributed by atoms with van der Waals surface area (Å²) in [6.07, 6.45) is 3.83. The van der Waals surface area contributed by atoms with Gasteiger partial charge in [0.25, 0.3) is 0 Å². The Bertz CT molecular complexity index is 225. The minimum absolute atomic E-state index is 0.671. The van der Waals surface area contributed by atoms with Gasteiger partial charge < -0.3 is 10.6 Å². The zero-order valence-electron chi connectivity index (χ0n) is 7.75. The van der Waals surface area contributed by atoms with Crippen molar-refractivity contribution in [3.63, 3.8) is 0 Å². The van der Waals surface area contributed by atoms with Crippen LogP contribution in [0.3, 0.4) is 0 Å². The van der Waals surface area contributed by atoms with Crippen LogP contribution in [-0.4, -0.2) is 19.1 Å². The van der Waals surface area contributed by atoms with Gasteiger partial charge in [-0.25, -0.2) is 0 Å². The lowest BCUT2D eigenvalue weighted by Gasteiger charge is -2.15. The molecule has 0 aromatic carbocycles. The summed E-state index contributed by atoms with van der Waals surface area (Å²) in [5, 5.41) is 11.3. The standard InChI is InChI=1S/C10H16N2S/c1-2-9(3-6-11-5-1)12-10-4-7-13-8-10/h4,7-9,11-12H,1-3,5-6H2. The summed E-state index contributed by atoms with van der Waals surface area (Å²) in [6, 6.07) is 2.83. The van der Waals surface area contributed by atoms with E-state index in [-0.39, 0.29) is 0 Å². The van der Waals surface area contributed by atoms with Crippen molar-refractivity contribution in [2.45, 2.75) is 25.3 Å². The Hall–Kier alpha value is -0.540. The van der Waals surface area contributed by atoms with E-state index < -0.39 is 0 Å². The molecule has 2 nitrogen and oxygen atoms in total. The van der Waals surface area contributed by atoms with Gasteiger partial charge in [-0.3, -0.25) is 0 Å². The van der Waals surface area contributed by atoms with Crippen LogP contribution in [0.2, 0.25) is 0 Å². The smallest absolute Gasteiger partial charge is 0.0450 e. The minimum atomic E-state index is 0.671. The molecule has 2 N–H and O–H groups in total. The SMILES string of the molecule is c1cc(NC2CCCNCC2)cs1. The number of thiophene rings is 1. The van der Waals surface area contributed by atoms with E-state index in [2.05, 4.69) is 27.5 Å². The Kier molecular flexibility index (Phi) is 3.22. The third-order valence-corrected chi connectivity index (χ3v) is 3.15. The highest BCUT2D eigenvalue weighted by Gasteiger charge is 2.10. The van der Waals surface area contributed by atoms with E-state index in [9.17, 15) is 0 Å². The molecule has 2 heterocycles. The zero-order chi connectivity index (χ0) is 8.93. The predicted molar refractivity (Wildman–Crippen MR) is 58.5 cm³/mol. The van der Waals surface area contributed by atoms with Crippen molar-refractivity contribution in [3.05, 3.63) is 16.8 Å². The van der Waals surface area contributed by atoms with Crippen LogP contribution in [0.5, 0.6) is 0 Å². The first-order chi connectivity index (χ1) is 6.45. The van der Waals surface area contributed by atoms with Gasteiger partial charge in [0.05, 0.1) is 0 Å². The van der Waals surface area contributed by atoms with Crippen LogP contribution in [-0.2, 0) is 0 Å². The second-order valence-corrected chi connectivity index (χ2v) is 4.31.